The van der Waals surface area contributed by atoms with Crippen molar-refractivity contribution in [1.82, 2.24) is 0 Å². The van der Waals surface area contributed by atoms with Gasteiger partial charge in [-0.05, 0) is 18.2 Å². The van der Waals surface area contributed by atoms with E-state index in [-0.39, 0.29) is 38.6 Å². The monoisotopic (exact) mass is 367 g/mol. The first-order valence-electron chi connectivity index (χ1n) is 6.56. The number of benzene rings is 2. The number of amides is 1. The van der Waals surface area contributed by atoms with E-state index in [0.717, 1.165) is 0 Å². The highest BCUT2D eigenvalue weighted by Crippen LogP contribution is 2.34. The summed E-state index contributed by atoms with van der Waals surface area (Å²) in [5.74, 6) is -0.484. The van der Waals surface area contributed by atoms with Crippen molar-refractivity contribution in [2.75, 3.05) is 5.32 Å². The number of nitro benzene ring substituents is 1. The predicted octanol–water partition coefficient (Wildman–Crippen LogP) is 4.32. The summed E-state index contributed by atoms with van der Waals surface area (Å²) in [6, 6.07) is 6.42. The van der Waals surface area contributed by atoms with Crippen LogP contribution >= 0.6 is 23.2 Å². The summed E-state index contributed by atoms with van der Waals surface area (Å²) >= 11 is 12.0. The van der Waals surface area contributed by atoms with Crippen LogP contribution in [0.1, 0.15) is 12.5 Å². The molecule has 0 heterocycles. The summed E-state index contributed by atoms with van der Waals surface area (Å²) in [7, 11) is 0. The fourth-order valence-corrected chi connectivity index (χ4v) is 2.30. The number of phenolic OH excluding ortho intramolecular Hbond substituents is 1. The molecule has 2 rings (SSSR count). The highest BCUT2D eigenvalue weighted by Gasteiger charge is 2.10. The summed E-state index contributed by atoms with van der Waals surface area (Å²) in [5.41, 5.74) is 0.561. The average molecular weight is 368 g/mol. The molecular formula is C15H11Cl2N3O4. The fraction of sp³-hybridized carbons (Fsp3) is 0.0667. The first-order chi connectivity index (χ1) is 11.3. The molecule has 7 nitrogen and oxygen atoms in total. The Morgan fingerprint density at radius 2 is 2.00 bits per heavy atom. The summed E-state index contributed by atoms with van der Waals surface area (Å²) < 4.78 is 0. The molecule has 0 radical (unpaired) electrons. The fourth-order valence-electron chi connectivity index (χ4n) is 1.82. The number of aliphatic imine (C=N–C) groups is 1. The average Bonchev–Trinajstić information content (AvgIpc) is 2.49. The summed E-state index contributed by atoms with van der Waals surface area (Å²) in [6.45, 7) is 1.33. The van der Waals surface area contributed by atoms with E-state index >= 15 is 0 Å². The van der Waals surface area contributed by atoms with E-state index < -0.39 is 4.92 Å². The number of phenols is 1. The van der Waals surface area contributed by atoms with Crippen molar-refractivity contribution in [2.45, 2.75) is 6.92 Å². The van der Waals surface area contributed by atoms with Crippen molar-refractivity contribution in [3.8, 4) is 5.75 Å². The van der Waals surface area contributed by atoms with E-state index in [1.807, 2.05) is 0 Å². The van der Waals surface area contributed by atoms with Crippen LogP contribution < -0.4 is 5.32 Å². The molecule has 0 aromatic heterocycles. The van der Waals surface area contributed by atoms with Gasteiger partial charge >= 0.3 is 0 Å². The summed E-state index contributed by atoms with van der Waals surface area (Å²) in [4.78, 5) is 25.4. The number of halogens is 2. The van der Waals surface area contributed by atoms with Crippen molar-refractivity contribution in [1.29, 1.82) is 0 Å². The molecule has 0 saturated heterocycles. The molecule has 2 aromatic carbocycles. The van der Waals surface area contributed by atoms with Gasteiger partial charge < -0.3 is 10.4 Å². The molecule has 0 bridgehead atoms. The van der Waals surface area contributed by atoms with Crippen LogP contribution in [0.5, 0.6) is 5.75 Å². The van der Waals surface area contributed by atoms with Crippen molar-refractivity contribution >= 4 is 52.4 Å². The molecule has 0 aliphatic rings. The molecule has 2 aromatic rings. The second-order valence-corrected chi connectivity index (χ2v) is 5.54. The van der Waals surface area contributed by atoms with Crippen LogP contribution in [-0.4, -0.2) is 22.2 Å². The molecule has 0 fully saturated rings. The number of rotatable bonds is 4. The summed E-state index contributed by atoms with van der Waals surface area (Å²) in [6.07, 6.45) is 1.23. The number of nitro groups is 1. The third-order valence-corrected chi connectivity index (χ3v) is 3.53. The first-order valence-corrected chi connectivity index (χ1v) is 7.31. The highest BCUT2D eigenvalue weighted by atomic mass is 35.5. The molecule has 124 valence electrons. The topological polar surface area (TPSA) is 105 Å². The Balaban J connectivity index is 2.40. The standard InChI is InChI=1S/C15H11Cl2N3O4/c1-8(21)19-14-6-13(11(16)5-12(14)17)18-7-9-4-10(20(23)24)2-3-15(9)22/h2-7,22H,1H3,(H,19,21). The van der Waals surface area contributed by atoms with Crippen LogP contribution in [0, 0.1) is 10.1 Å². The number of carbonyl (C=O) groups is 1. The Kier molecular flexibility index (Phi) is 5.38. The maximum atomic E-state index is 11.1. The molecule has 0 saturated carbocycles. The molecule has 9 heteroatoms. The van der Waals surface area contributed by atoms with Gasteiger partial charge in [0.05, 0.1) is 26.3 Å². The van der Waals surface area contributed by atoms with Gasteiger partial charge in [-0.3, -0.25) is 19.9 Å². The zero-order valence-electron chi connectivity index (χ0n) is 12.3. The molecule has 1 amide bonds. The van der Waals surface area contributed by atoms with Gasteiger partial charge in [-0.25, -0.2) is 0 Å². The van der Waals surface area contributed by atoms with Crippen LogP contribution in [0.4, 0.5) is 17.1 Å². The number of non-ortho nitro benzene ring substituents is 1. The predicted molar refractivity (Wildman–Crippen MR) is 92.8 cm³/mol. The van der Waals surface area contributed by atoms with Crippen LogP contribution in [0.25, 0.3) is 0 Å². The Labute approximate surface area is 146 Å². The quantitative estimate of drug-likeness (QED) is 0.476. The Morgan fingerprint density at radius 1 is 1.29 bits per heavy atom. The second-order valence-electron chi connectivity index (χ2n) is 4.72. The maximum Gasteiger partial charge on any atom is 0.270 e. The minimum Gasteiger partial charge on any atom is -0.507 e. The van der Waals surface area contributed by atoms with Gasteiger partial charge in [0.2, 0.25) is 5.91 Å². The van der Waals surface area contributed by atoms with E-state index in [1.165, 1.54) is 43.5 Å². The lowest BCUT2D eigenvalue weighted by Crippen LogP contribution is -2.06. The number of aromatic hydroxyl groups is 1. The lowest BCUT2D eigenvalue weighted by Gasteiger charge is -2.07. The number of carbonyl (C=O) groups excluding carboxylic acids is 1. The molecule has 2 N–H and O–H groups in total. The molecule has 0 aliphatic heterocycles. The van der Waals surface area contributed by atoms with Gasteiger partial charge in [0.15, 0.2) is 0 Å². The number of nitrogens with zero attached hydrogens (tertiary/aromatic N) is 2. The van der Waals surface area contributed by atoms with E-state index in [9.17, 15) is 20.0 Å². The van der Waals surface area contributed by atoms with Crippen molar-refractivity contribution in [2.24, 2.45) is 4.99 Å². The Hall–Kier alpha value is -2.64. The van der Waals surface area contributed by atoms with E-state index in [0.29, 0.717) is 5.69 Å². The minimum absolute atomic E-state index is 0.149. The molecule has 0 spiro atoms. The SMILES string of the molecule is CC(=O)Nc1cc(N=Cc2cc([N+](=O)[O-])ccc2O)c(Cl)cc1Cl. The molecule has 0 aliphatic carbocycles. The van der Waals surface area contributed by atoms with Crippen LogP contribution in [0.15, 0.2) is 35.3 Å². The van der Waals surface area contributed by atoms with Crippen molar-refractivity contribution < 1.29 is 14.8 Å². The lowest BCUT2D eigenvalue weighted by atomic mass is 10.2. The molecule has 0 atom stereocenters. The van der Waals surface area contributed by atoms with Crippen LogP contribution in [0.2, 0.25) is 10.0 Å². The Bertz CT molecular complexity index is 853. The van der Waals surface area contributed by atoms with Crippen LogP contribution in [0.3, 0.4) is 0 Å². The Morgan fingerprint density at radius 3 is 2.62 bits per heavy atom. The van der Waals surface area contributed by atoms with Crippen LogP contribution in [-0.2, 0) is 4.79 Å². The van der Waals surface area contributed by atoms with E-state index in [2.05, 4.69) is 10.3 Å². The highest BCUT2D eigenvalue weighted by molar-refractivity contribution is 6.38. The van der Waals surface area contributed by atoms with E-state index in [4.69, 9.17) is 23.2 Å². The minimum atomic E-state index is -0.582. The number of nitrogens with one attached hydrogen (secondary N) is 1. The first kappa shape index (κ1) is 17.7. The zero-order valence-corrected chi connectivity index (χ0v) is 13.8. The smallest absolute Gasteiger partial charge is 0.270 e. The number of anilines is 1. The molecule has 24 heavy (non-hydrogen) atoms. The van der Waals surface area contributed by atoms with Gasteiger partial charge in [-0.2, -0.15) is 0 Å². The van der Waals surface area contributed by atoms with Gasteiger partial charge in [0.1, 0.15) is 5.75 Å². The van der Waals surface area contributed by atoms with Gasteiger partial charge in [0, 0.05) is 30.8 Å². The van der Waals surface area contributed by atoms with Gasteiger partial charge in [0.25, 0.3) is 5.69 Å². The number of hydrogen-bond donors (Lipinski definition) is 2. The second kappa shape index (κ2) is 7.29. The van der Waals surface area contributed by atoms with Crippen molar-refractivity contribution in [3.63, 3.8) is 0 Å². The normalized spacial score (nSPS) is 10.8. The van der Waals surface area contributed by atoms with E-state index in [1.54, 1.807) is 0 Å². The van der Waals surface area contributed by atoms with Crippen molar-refractivity contribution in [3.05, 3.63) is 56.1 Å². The molecule has 0 unspecified atom stereocenters. The largest absolute Gasteiger partial charge is 0.507 e. The third kappa shape index (κ3) is 4.21. The molecular weight excluding hydrogens is 357 g/mol. The van der Waals surface area contributed by atoms with Gasteiger partial charge in [-0.15, -0.1) is 0 Å². The maximum absolute atomic E-state index is 11.1. The third-order valence-electron chi connectivity index (χ3n) is 2.91. The van der Waals surface area contributed by atoms with Gasteiger partial charge in [-0.1, -0.05) is 23.2 Å². The zero-order chi connectivity index (χ0) is 17.9. The summed E-state index contributed by atoms with van der Waals surface area (Å²) in [5, 5.41) is 23.5. The number of hydrogen-bond acceptors (Lipinski definition) is 5. The lowest BCUT2D eigenvalue weighted by molar-refractivity contribution is -0.384.